The third kappa shape index (κ3) is 5.03. The number of anilines is 1. The molecule has 3 aromatic rings. The van der Waals surface area contributed by atoms with Crippen molar-refractivity contribution in [3.8, 4) is 11.5 Å². The summed E-state index contributed by atoms with van der Waals surface area (Å²) in [6.07, 6.45) is 0.701. The fourth-order valence-electron chi connectivity index (χ4n) is 2.98. The van der Waals surface area contributed by atoms with E-state index in [2.05, 4.69) is 9.97 Å². The number of methoxy groups -OCH3 is 2. The predicted molar refractivity (Wildman–Crippen MR) is 113 cm³/mol. The summed E-state index contributed by atoms with van der Waals surface area (Å²) in [4.78, 5) is 22.3. The van der Waals surface area contributed by atoms with E-state index in [0.29, 0.717) is 31.0 Å². The topological polar surface area (TPSA) is 64.6 Å². The van der Waals surface area contributed by atoms with Gasteiger partial charge in [-0.2, -0.15) is 0 Å². The number of aldehydes is 1. The van der Waals surface area contributed by atoms with Gasteiger partial charge in [-0.1, -0.05) is 35.9 Å². The zero-order valence-corrected chi connectivity index (χ0v) is 17.3. The van der Waals surface area contributed by atoms with E-state index >= 15 is 0 Å². The van der Waals surface area contributed by atoms with Gasteiger partial charge < -0.3 is 14.4 Å². The summed E-state index contributed by atoms with van der Waals surface area (Å²) in [6.45, 7) is 2.82. The van der Waals surface area contributed by atoms with Crippen LogP contribution in [0.4, 0.5) is 5.82 Å². The van der Waals surface area contributed by atoms with E-state index in [9.17, 15) is 4.79 Å². The Hall–Kier alpha value is -3.12. The van der Waals surface area contributed by atoms with Gasteiger partial charge in [-0.3, -0.25) is 4.79 Å². The van der Waals surface area contributed by atoms with Crippen LogP contribution in [0.15, 0.2) is 48.5 Å². The molecule has 0 unspecified atom stereocenters. The largest absolute Gasteiger partial charge is 0.497 e. The van der Waals surface area contributed by atoms with E-state index in [1.807, 2.05) is 53.4 Å². The normalized spacial score (nSPS) is 10.5. The molecule has 0 saturated carbocycles. The smallest absolute Gasteiger partial charge is 0.156 e. The quantitative estimate of drug-likeness (QED) is 0.402. The number of carbonyl (C=O) groups is 1. The maximum absolute atomic E-state index is 11.7. The molecular weight excluding hydrogens is 390 g/mol. The molecule has 150 valence electrons. The molecule has 0 radical (unpaired) electrons. The summed E-state index contributed by atoms with van der Waals surface area (Å²) in [5.74, 6) is 2.57. The van der Waals surface area contributed by atoms with Crippen molar-refractivity contribution in [2.45, 2.75) is 20.0 Å². The zero-order chi connectivity index (χ0) is 20.8. The molecule has 0 bridgehead atoms. The van der Waals surface area contributed by atoms with E-state index < -0.39 is 0 Å². The maximum atomic E-state index is 11.7. The molecule has 0 spiro atoms. The average Bonchev–Trinajstić information content (AvgIpc) is 2.74. The van der Waals surface area contributed by atoms with Gasteiger partial charge in [0.05, 0.1) is 19.8 Å². The minimum absolute atomic E-state index is 0.150. The van der Waals surface area contributed by atoms with E-state index in [0.717, 1.165) is 22.6 Å². The van der Waals surface area contributed by atoms with Gasteiger partial charge in [0.15, 0.2) is 6.29 Å². The number of halogens is 1. The van der Waals surface area contributed by atoms with Crippen molar-refractivity contribution < 1.29 is 14.3 Å². The Kier molecular flexibility index (Phi) is 6.67. The molecule has 0 aliphatic carbocycles. The van der Waals surface area contributed by atoms with Crippen LogP contribution in [0.3, 0.4) is 0 Å². The molecule has 3 rings (SSSR count). The van der Waals surface area contributed by atoms with Crippen LogP contribution in [0.2, 0.25) is 5.15 Å². The van der Waals surface area contributed by atoms with Crippen molar-refractivity contribution in [1.29, 1.82) is 0 Å². The lowest BCUT2D eigenvalue weighted by Gasteiger charge is -2.26. The van der Waals surface area contributed by atoms with Crippen LogP contribution in [-0.2, 0) is 13.1 Å². The highest BCUT2D eigenvalue weighted by atomic mass is 35.5. The number of ether oxygens (including phenoxy) is 2. The fourth-order valence-corrected chi connectivity index (χ4v) is 3.24. The lowest BCUT2D eigenvalue weighted by atomic mass is 10.1. The van der Waals surface area contributed by atoms with Crippen LogP contribution in [0, 0.1) is 6.92 Å². The Morgan fingerprint density at radius 2 is 1.38 bits per heavy atom. The fraction of sp³-hybridized carbons (Fsp3) is 0.227. The number of nitrogens with zero attached hydrogens (tertiary/aromatic N) is 3. The summed E-state index contributed by atoms with van der Waals surface area (Å²) in [5, 5.41) is 0.150. The van der Waals surface area contributed by atoms with Gasteiger partial charge in [-0.15, -0.1) is 0 Å². The average molecular weight is 412 g/mol. The molecule has 0 atom stereocenters. The lowest BCUT2D eigenvalue weighted by Crippen LogP contribution is -2.25. The van der Waals surface area contributed by atoms with E-state index in [-0.39, 0.29) is 10.7 Å². The van der Waals surface area contributed by atoms with Crippen LogP contribution < -0.4 is 14.4 Å². The zero-order valence-electron chi connectivity index (χ0n) is 16.6. The first-order valence-electron chi connectivity index (χ1n) is 9.04. The summed E-state index contributed by atoms with van der Waals surface area (Å²) in [5.41, 5.74) is 2.37. The molecule has 0 saturated heterocycles. The molecule has 0 N–H and O–H groups in total. The SMILES string of the molecule is COc1ccc(CN(Cc2ccc(OC)cc2)c2nc(C)nc(Cl)c2C=O)cc1. The van der Waals surface area contributed by atoms with E-state index in [4.69, 9.17) is 21.1 Å². The predicted octanol–water partition coefficient (Wildman–Crippen LogP) is 4.47. The summed E-state index contributed by atoms with van der Waals surface area (Å²) in [6, 6.07) is 15.5. The number of rotatable bonds is 8. The van der Waals surface area contributed by atoms with Gasteiger partial charge in [0.1, 0.15) is 28.3 Å². The number of carbonyl (C=O) groups excluding carboxylic acids is 1. The number of aromatic nitrogens is 2. The number of aryl methyl sites for hydroxylation is 1. The lowest BCUT2D eigenvalue weighted by molar-refractivity contribution is 0.112. The van der Waals surface area contributed by atoms with E-state index in [1.165, 1.54) is 0 Å². The van der Waals surface area contributed by atoms with Crippen molar-refractivity contribution in [2.75, 3.05) is 19.1 Å². The van der Waals surface area contributed by atoms with Crippen LogP contribution >= 0.6 is 11.6 Å². The minimum Gasteiger partial charge on any atom is -0.497 e. The first-order valence-corrected chi connectivity index (χ1v) is 9.42. The third-order valence-corrected chi connectivity index (χ3v) is 4.76. The summed E-state index contributed by atoms with van der Waals surface area (Å²) >= 11 is 6.22. The van der Waals surface area contributed by atoms with Crippen LogP contribution in [0.5, 0.6) is 11.5 Å². The minimum atomic E-state index is 0.150. The monoisotopic (exact) mass is 411 g/mol. The second-order valence-corrected chi connectivity index (χ2v) is 6.83. The summed E-state index contributed by atoms with van der Waals surface area (Å²) in [7, 11) is 3.26. The third-order valence-electron chi connectivity index (χ3n) is 4.47. The van der Waals surface area contributed by atoms with Gasteiger partial charge in [0, 0.05) is 13.1 Å². The standard InChI is InChI=1S/C22H22ClN3O3/c1-15-24-21(23)20(14-27)22(25-15)26(12-16-4-8-18(28-2)9-5-16)13-17-6-10-19(29-3)11-7-17/h4-11,14H,12-13H2,1-3H3. The molecule has 0 aliphatic heterocycles. The molecule has 1 aromatic heterocycles. The van der Waals surface area contributed by atoms with Crippen molar-refractivity contribution in [3.05, 3.63) is 76.2 Å². The molecule has 2 aromatic carbocycles. The van der Waals surface area contributed by atoms with Crippen molar-refractivity contribution in [2.24, 2.45) is 0 Å². The van der Waals surface area contributed by atoms with Crippen molar-refractivity contribution in [1.82, 2.24) is 9.97 Å². The van der Waals surface area contributed by atoms with E-state index in [1.54, 1.807) is 21.1 Å². The molecule has 0 aliphatic rings. The first kappa shape index (κ1) is 20.6. The maximum Gasteiger partial charge on any atom is 0.156 e. The second kappa shape index (κ2) is 9.39. The highest BCUT2D eigenvalue weighted by Gasteiger charge is 2.19. The Morgan fingerprint density at radius 3 is 1.79 bits per heavy atom. The number of hydrogen-bond donors (Lipinski definition) is 0. The van der Waals surface area contributed by atoms with Gasteiger partial charge in [-0.05, 0) is 42.3 Å². The Morgan fingerprint density at radius 1 is 0.897 bits per heavy atom. The molecular formula is C22H22ClN3O3. The number of hydrogen-bond acceptors (Lipinski definition) is 6. The van der Waals surface area contributed by atoms with Crippen LogP contribution in [0.1, 0.15) is 27.3 Å². The molecule has 29 heavy (non-hydrogen) atoms. The highest BCUT2D eigenvalue weighted by Crippen LogP contribution is 2.27. The highest BCUT2D eigenvalue weighted by molar-refractivity contribution is 6.32. The Balaban J connectivity index is 1.99. The first-order chi connectivity index (χ1) is 14.0. The molecule has 1 heterocycles. The van der Waals surface area contributed by atoms with Gasteiger partial charge in [-0.25, -0.2) is 9.97 Å². The molecule has 7 heteroatoms. The number of benzene rings is 2. The Bertz CT molecular complexity index is 926. The van der Waals surface area contributed by atoms with Crippen LogP contribution in [-0.4, -0.2) is 30.5 Å². The summed E-state index contributed by atoms with van der Waals surface area (Å²) < 4.78 is 10.5. The molecule has 6 nitrogen and oxygen atoms in total. The second-order valence-electron chi connectivity index (χ2n) is 6.47. The van der Waals surface area contributed by atoms with Crippen molar-refractivity contribution in [3.63, 3.8) is 0 Å². The van der Waals surface area contributed by atoms with Crippen molar-refractivity contribution >= 4 is 23.7 Å². The molecule has 0 amide bonds. The Labute approximate surface area is 175 Å². The molecule has 0 fully saturated rings. The van der Waals surface area contributed by atoms with Gasteiger partial charge in [0.25, 0.3) is 0 Å². The van der Waals surface area contributed by atoms with Crippen LogP contribution in [0.25, 0.3) is 0 Å². The van der Waals surface area contributed by atoms with Gasteiger partial charge in [0.2, 0.25) is 0 Å². The van der Waals surface area contributed by atoms with Gasteiger partial charge >= 0.3 is 0 Å².